The number of carbonyl (C=O) groups excluding carboxylic acids is 2. The summed E-state index contributed by atoms with van der Waals surface area (Å²) in [6.07, 6.45) is 1.74. The van der Waals surface area contributed by atoms with Gasteiger partial charge in [0.15, 0.2) is 11.0 Å². The molecule has 0 aliphatic heterocycles. The Morgan fingerprint density at radius 3 is 2.54 bits per heavy atom. The molecule has 0 radical (unpaired) electrons. The molecule has 0 aliphatic rings. The summed E-state index contributed by atoms with van der Waals surface area (Å²) in [4.78, 5) is 25.8. The molecule has 0 fully saturated rings. The molecule has 3 aromatic rings. The molecule has 0 spiro atoms. The van der Waals surface area contributed by atoms with Gasteiger partial charge in [-0.05, 0) is 47.7 Å². The topological polar surface area (TPSA) is 88.9 Å². The van der Waals surface area contributed by atoms with Gasteiger partial charge >= 0.3 is 0 Å². The highest BCUT2D eigenvalue weighted by atomic mass is 79.9. The Morgan fingerprint density at radius 1 is 1.16 bits per heavy atom. The van der Waals surface area contributed by atoms with Crippen molar-refractivity contribution in [1.82, 2.24) is 20.1 Å². The number of allylic oxidation sites excluding steroid dienone is 1. The largest absolute Gasteiger partial charge is 0.342 e. The molecular formula is C27H31BrClN5O2S. The number of aromatic nitrogens is 3. The predicted octanol–water partition coefficient (Wildman–Crippen LogP) is 6.86. The van der Waals surface area contributed by atoms with Gasteiger partial charge < -0.3 is 15.2 Å². The van der Waals surface area contributed by atoms with Crippen LogP contribution in [0.2, 0.25) is 5.02 Å². The Bertz CT molecular complexity index is 1280. The standard InChI is InChI=1S/C27H31BrClN5O2S/c1-6-13-34-25(24(17(4)5)31-26(36)19-9-7-8-10-21(19)29)32-33-27(34)37-15-23(35)30-22-12-11-18(28)14-20(22)16(2)3/h6-12,14,16-17,24H,1,13,15H2,2-5H3,(H,30,35)(H,31,36)/t24-/m0/s1. The molecule has 2 N–H and O–H groups in total. The van der Waals surface area contributed by atoms with E-state index in [1.54, 1.807) is 30.3 Å². The zero-order valence-electron chi connectivity index (χ0n) is 21.3. The van der Waals surface area contributed by atoms with Crippen molar-refractivity contribution in [3.63, 3.8) is 0 Å². The molecule has 10 heteroatoms. The van der Waals surface area contributed by atoms with E-state index in [0.29, 0.717) is 28.1 Å². The minimum absolute atomic E-state index is 0.0206. The van der Waals surface area contributed by atoms with Crippen LogP contribution in [-0.2, 0) is 11.3 Å². The van der Waals surface area contributed by atoms with Crippen molar-refractivity contribution in [2.75, 3.05) is 11.1 Å². The van der Waals surface area contributed by atoms with E-state index in [0.717, 1.165) is 15.7 Å². The Morgan fingerprint density at radius 2 is 1.89 bits per heavy atom. The van der Waals surface area contributed by atoms with E-state index in [1.165, 1.54) is 11.8 Å². The third-order valence-corrected chi connectivity index (χ3v) is 7.44. The number of thioether (sulfide) groups is 1. The maximum atomic E-state index is 13.0. The molecule has 37 heavy (non-hydrogen) atoms. The smallest absolute Gasteiger partial charge is 0.253 e. The number of amides is 2. The fourth-order valence-electron chi connectivity index (χ4n) is 3.77. The van der Waals surface area contributed by atoms with Crippen LogP contribution in [0.1, 0.15) is 61.4 Å². The maximum absolute atomic E-state index is 13.0. The number of anilines is 1. The van der Waals surface area contributed by atoms with Gasteiger partial charge in [-0.25, -0.2) is 0 Å². The second kappa shape index (κ2) is 13.3. The molecule has 2 aromatic carbocycles. The van der Waals surface area contributed by atoms with Gasteiger partial charge in [0, 0.05) is 16.7 Å². The first kappa shape index (κ1) is 28.9. The summed E-state index contributed by atoms with van der Waals surface area (Å²) >= 11 is 11.0. The fraction of sp³-hybridized carbons (Fsp3) is 0.333. The van der Waals surface area contributed by atoms with Crippen molar-refractivity contribution in [3.8, 4) is 0 Å². The highest BCUT2D eigenvalue weighted by Crippen LogP contribution is 2.29. The Kier molecular flexibility index (Phi) is 10.4. The van der Waals surface area contributed by atoms with Crippen molar-refractivity contribution in [2.24, 2.45) is 5.92 Å². The summed E-state index contributed by atoms with van der Waals surface area (Å²) in [6.45, 7) is 12.4. The van der Waals surface area contributed by atoms with Crippen LogP contribution >= 0.6 is 39.3 Å². The fourth-order valence-corrected chi connectivity index (χ4v) is 5.13. The molecular weight excluding hydrogens is 574 g/mol. The molecule has 0 saturated heterocycles. The van der Waals surface area contributed by atoms with Crippen LogP contribution in [0.5, 0.6) is 0 Å². The Hall–Kier alpha value is -2.62. The molecule has 0 aliphatic carbocycles. The van der Waals surface area contributed by atoms with Gasteiger partial charge in [-0.2, -0.15) is 0 Å². The van der Waals surface area contributed by atoms with Crippen LogP contribution in [0, 0.1) is 5.92 Å². The van der Waals surface area contributed by atoms with E-state index in [9.17, 15) is 9.59 Å². The van der Waals surface area contributed by atoms with E-state index < -0.39 is 6.04 Å². The number of hydrogen-bond donors (Lipinski definition) is 2. The minimum atomic E-state index is -0.421. The summed E-state index contributed by atoms with van der Waals surface area (Å²) in [6, 6.07) is 12.3. The van der Waals surface area contributed by atoms with E-state index in [2.05, 4.69) is 57.2 Å². The lowest BCUT2D eigenvalue weighted by Gasteiger charge is -2.23. The van der Waals surface area contributed by atoms with Gasteiger partial charge in [-0.15, -0.1) is 16.8 Å². The van der Waals surface area contributed by atoms with Crippen LogP contribution in [-0.4, -0.2) is 32.3 Å². The molecule has 2 amide bonds. The van der Waals surface area contributed by atoms with Gasteiger partial charge in [0.25, 0.3) is 5.91 Å². The highest BCUT2D eigenvalue weighted by Gasteiger charge is 2.27. The molecule has 0 unspecified atom stereocenters. The number of rotatable bonds is 11. The predicted molar refractivity (Wildman–Crippen MR) is 154 cm³/mol. The molecule has 1 aromatic heterocycles. The van der Waals surface area contributed by atoms with E-state index in [4.69, 9.17) is 11.6 Å². The molecule has 1 atom stereocenters. The summed E-state index contributed by atoms with van der Waals surface area (Å²) in [5.74, 6) is 0.590. The highest BCUT2D eigenvalue weighted by molar-refractivity contribution is 9.10. The average molecular weight is 605 g/mol. The zero-order valence-corrected chi connectivity index (χ0v) is 24.5. The first-order chi connectivity index (χ1) is 17.6. The summed E-state index contributed by atoms with van der Waals surface area (Å²) in [7, 11) is 0. The quantitative estimate of drug-likeness (QED) is 0.184. The molecule has 1 heterocycles. The van der Waals surface area contributed by atoms with Crippen LogP contribution < -0.4 is 10.6 Å². The summed E-state index contributed by atoms with van der Waals surface area (Å²) < 4.78 is 2.84. The Labute approximate surface area is 235 Å². The molecule has 3 rings (SSSR count). The molecule has 7 nitrogen and oxygen atoms in total. The third kappa shape index (κ3) is 7.46. The SMILES string of the molecule is C=CCn1c(SCC(=O)Nc2ccc(Br)cc2C(C)C)nnc1[C@@H](NC(=O)c1ccccc1Cl)C(C)C. The maximum Gasteiger partial charge on any atom is 0.253 e. The van der Waals surface area contributed by atoms with E-state index in [-0.39, 0.29) is 29.4 Å². The average Bonchev–Trinajstić information content (AvgIpc) is 3.24. The first-order valence-electron chi connectivity index (χ1n) is 11.9. The zero-order chi connectivity index (χ0) is 27.1. The van der Waals surface area contributed by atoms with Crippen LogP contribution in [0.4, 0.5) is 5.69 Å². The van der Waals surface area contributed by atoms with Gasteiger partial charge in [0.1, 0.15) is 0 Å². The first-order valence-corrected chi connectivity index (χ1v) is 14.1. The number of carbonyl (C=O) groups is 2. The molecule has 0 bridgehead atoms. The minimum Gasteiger partial charge on any atom is -0.342 e. The lowest BCUT2D eigenvalue weighted by atomic mass is 10.0. The lowest BCUT2D eigenvalue weighted by molar-refractivity contribution is -0.113. The van der Waals surface area contributed by atoms with Crippen molar-refractivity contribution in [2.45, 2.75) is 51.4 Å². The van der Waals surface area contributed by atoms with E-state index in [1.807, 2.05) is 36.6 Å². The number of halogens is 2. The molecule has 196 valence electrons. The lowest BCUT2D eigenvalue weighted by Crippen LogP contribution is -2.34. The van der Waals surface area contributed by atoms with Gasteiger partial charge in [-0.1, -0.05) is 85.2 Å². The van der Waals surface area contributed by atoms with Gasteiger partial charge in [0.05, 0.1) is 22.4 Å². The summed E-state index contributed by atoms with van der Waals surface area (Å²) in [5.41, 5.74) is 2.24. The summed E-state index contributed by atoms with van der Waals surface area (Å²) in [5, 5.41) is 15.7. The van der Waals surface area contributed by atoms with Gasteiger partial charge in [-0.3, -0.25) is 9.59 Å². The van der Waals surface area contributed by atoms with Crippen LogP contribution in [0.3, 0.4) is 0 Å². The third-order valence-electron chi connectivity index (χ3n) is 5.65. The van der Waals surface area contributed by atoms with Crippen molar-refractivity contribution < 1.29 is 9.59 Å². The van der Waals surface area contributed by atoms with Crippen LogP contribution in [0.25, 0.3) is 0 Å². The second-order valence-corrected chi connectivity index (χ2v) is 11.4. The number of nitrogens with zero attached hydrogens (tertiary/aromatic N) is 3. The van der Waals surface area contributed by atoms with Crippen molar-refractivity contribution >= 4 is 56.8 Å². The van der Waals surface area contributed by atoms with Crippen molar-refractivity contribution in [1.29, 1.82) is 0 Å². The van der Waals surface area contributed by atoms with Crippen LogP contribution in [0.15, 0.2) is 64.7 Å². The molecule has 0 saturated carbocycles. The second-order valence-electron chi connectivity index (χ2n) is 9.14. The van der Waals surface area contributed by atoms with E-state index >= 15 is 0 Å². The number of hydrogen-bond acceptors (Lipinski definition) is 5. The Balaban J connectivity index is 1.77. The monoisotopic (exact) mass is 603 g/mol. The normalized spacial score (nSPS) is 12.0. The van der Waals surface area contributed by atoms with Gasteiger partial charge in [0.2, 0.25) is 5.91 Å². The number of benzene rings is 2. The van der Waals surface area contributed by atoms with Crippen molar-refractivity contribution in [3.05, 3.63) is 81.6 Å². The number of nitrogens with one attached hydrogen (secondary N) is 2.